The lowest BCUT2D eigenvalue weighted by Gasteiger charge is -2.15. The SMILES string of the molecule is C[C@H](Cc1ccc(C(F)(F)F)cc1)NC(=O)NCc1cnn(C)c1. The molecule has 0 spiro atoms. The van der Waals surface area contributed by atoms with Crippen molar-refractivity contribution < 1.29 is 18.0 Å². The Bertz CT molecular complexity index is 679. The highest BCUT2D eigenvalue weighted by Gasteiger charge is 2.29. The predicted molar refractivity (Wildman–Crippen MR) is 83.2 cm³/mol. The summed E-state index contributed by atoms with van der Waals surface area (Å²) in [7, 11) is 1.79. The van der Waals surface area contributed by atoms with E-state index in [1.54, 1.807) is 31.0 Å². The van der Waals surface area contributed by atoms with E-state index in [2.05, 4.69) is 15.7 Å². The number of aromatic nitrogens is 2. The van der Waals surface area contributed by atoms with Gasteiger partial charge in [0.2, 0.25) is 0 Å². The van der Waals surface area contributed by atoms with Crippen LogP contribution >= 0.6 is 0 Å². The van der Waals surface area contributed by atoms with E-state index in [-0.39, 0.29) is 12.1 Å². The third kappa shape index (κ3) is 5.29. The van der Waals surface area contributed by atoms with Gasteiger partial charge in [0.15, 0.2) is 0 Å². The van der Waals surface area contributed by atoms with Crippen LogP contribution in [-0.4, -0.2) is 21.9 Å². The van der Waals surface area contributed by atoms with Gasteiger partial charge in [-0.1, -0.05) is 12.1 Å². The van der Waals surface area contributed by atoms with E-state index in [4.69, 9.17) is 0 Å². The number of benzene rings is 1. The van der Waals surface area contributed by atoms with E-state index >= 15 is 0 Å². The number of carbonyl (C=O) groups excluding carboxylic acids is 1. The molecule has 2 rings (SSSR count). The second kappa shape index (κ2) is 7.37. The van der Waals surface area contributed by atoms with Crippen LogP contribution in [0.3, 0.4) is 0 Å². The lowest BCUT2D eigenvalue weighted by molar-refractivity contribution is -0.137. The van der Waals surface area contributed by atoms with Crippen molar-refractivity contribution in [2.75, 3.05) is 0 Å². The molecule has 2 aromatic rings. The van der Waals surface area contributed by atoms with Gasteiger partial charge in [-0.3, -0.25) is 4.68 Å². The van der Waals surface area contributed by atoms with E-state index in [0.717, 1.165) is 23.3 Å². The summed E-state index contributed by atoms with van der Waals surface area (Å²) >= 11 is 0. The topological polar surface area (TPSA) is 59.0 Å². The summed E-state index contributed by atoms with van der Waals surface area (Å²) in [6.07, 6.45) is -0.440. The quantitative estimate of drug-likeness (QED) is 0.879. The summed E-state index contributed by atoms with van der Waals surface area (Å²) in [5, 5.41) is 9.46. The maximum Gasteiger partial charge on any atom is 0.416 e. The zero-order chi connectivity index (χ0) is 17.7. The Labute approximate surface area is 137 Å². The molecule has 0 aliphatic carbocycles. The number of rotatable bonds is 5. The first kappa shape index (κ1) is 17.8. The molecule has 8 heteroatoms. The Morgan fingerprint density at radius 2 is 1.92 bits per heavy atom. The Morgan fingerprint density at radius 3 is 2.46 bits per heavy atom. The first-order chi connectivity index (χ1) is 11.2. The van der Waals surface area contributed by atoms with Crippen molar-refractivity contribution in [3.63, 3.8) is 0 Å². The molecule has 0 aliphatic heterocycles. The van der Waals surface area contributed by atoms with Crippen LogP contribution in [0.5, 0.6) is 0 Å². The lowest BCUT2D eigenvalue weighted by Crippen LogP contribution is -2.41. The number of hydrogen-bond acceptors (Lipinski definition) is 2. The van der Waals surface area contributed by atoms with Gasteiger partial charge in [0.25, 0.3) is 0 Å². The molecule has 2 N–H and O–H groups in total. The zero-order valence-electron chi connectivity index (χ0n) is 13.4. The molecule has 0 radical (unpaired) electrons. The third-order valence-electron chi connectivity index (χ3n) is 3.41. The highest BCUT2D eigenvalue weighted by molar-refractivity contribution is 5.74. The maximum absolute atomic E-state index is 12.5. The molecule has 0 saturated heterocycles. The van der Waals surface area contributed by atoms with Crippen molar-refractivity contribution in [2.45, 2.75) is 32.1 Å². The molecule has 130 valence electrons. The molecule has 1 heterocycles. The molecular formula is C16H19F3N4O. The van der Waals surface area contributed by atoms with Gasteiger partial charge >= 0.3 is 12.2 Å². The fraction of sp³-hybridized carbons (Fsp3) is 0.375. The van der Waals surface area contributed by atoms with Gasteiger partial charge in [-0.25, -0.2) is 4.79 Å². The number of halogens is 3. The zero-order valence-corrected chi connectivity index (χ0v) is 13.4. The number of amides is 2. The largest absolute Gasteiger partial charge is 0.416 e. The molecule has 24 heavy (non-hydrogen) atoms. The Kier molecular flexibility index (Phi) is 5.48. The number of hydrogen-bond donors (Lipinski definition) is 2. The second-order valence-corrected chi connectivity index (χ2v) is 5.65. The third-order valence-corrected chi connectivity index (χ3v) is 3.41. The monoisotopic (exact) mass is 340 g/mol. The van der Waals surface area contributed by atoms with E-state index < -0.39 is 11.7 Å². The Balaban J connectivity index is 1.79. The van der Waals surface area contributed by atoms with Crippen LogP contribution in [0.4, 0.5) is 18.0 Å². The van der Waals surface area contributed by atoms with Gasteiger partial charge < -0.3 is 10.6 Å². The normalized spacial score (nSPS) is 12.7. The Morgan fingerprint density at radius 1 is 1.25 bits per heavy atom. The number of alkyl halides is 3. The molecule has 1 atom stereocenters. The number of carbonyl (C=O) groups is 1. The first-order valence-corrected chi connectivity index (χ1v) is 7.42. The number of nitrogens with one attached hydrogen (secondary N) is 2. The fourth-order valence-corrected chi connectivity index (χ4v) is 2.25. The summed E-state index contributed by atoms with van der Waals surface area (Å²) in [4.78, 5) is 11.8. The molecule has 0 bridgehead atoms. The minimum atomic E-state index is -4.34. The van der Waals surface area contributed by atoms with Crippen LogP contribution in [-0.2, 0) is 26.2 Å². The van der Waals surface area contributed by atoms with Crippen molar-refractivity contribution in [1.82, 2.24) is 20.4 Å². The van der Waals surface area contributed by atoms with E-state index in [1.165, 1.54) is 12.1 Å². The fourth-order valence-electron chi connectivity index (χ4n) is 2.25. The van der Waals surface area contributed by atoms with Gasteiger partial charge in [-0.15, -0.1) is 0 Å². The van der Waals surface area contributed by atoms with Gasteiger partial charge in [0.1, 0.15) is 0 Å². The number of nitrogens with zero attached hydrogens (tertiary/aromatic N) is 2. The van der Waals surface area contributed by atoms with Crippen molar-refractivity contribution in [3.05, 3.63) is 53.3 Å². The molecule has 1 aromatic heterocycles. The highest BCUT2D eigenvalue weighted by Crippen LogP contribution is 2.29. The summed E-state index contributed by atoms with van der Waals surface area (Å²) in [5.74, 6) is 0. The molecule has 1 aromatic carbocycles. The summed E-state index contributed by atoms with van der Waals surface area (Å²) in [5.41, 5.74) is 0.923. The summed E-state index contributed by atoms with van der Waals surface area (Å²) < 4.78 is 39.2. The van der Waals surface area contributed by atoms with Gasteiger partial charge in [-0.05, 0) is 31.0 Å². The van der Waals surface area contributed by atoms with Crippen molar-refractivity contribution in [3.8, 4) is 0 Å². The summed E-state index contributed by atoms with van der Waals surface area (Å²) in [6, 6.07) is 4.40. The predicted octanol–water partition coefficient (Wildman–Crippen LogP) is 2.87. The van der Waals surface area contributed by atoms with Gasteiger partial charge in [0, 0.05) is 31.4 Å². The van der Waals surface area contributed by atoms with Gasteiger partial charge in [0.05, 0.1) is 11.8 Å². The highest BCUT2D eigenvalue weighted by atomic mass is 19.4. The molecule has 0 unspecified atom stereocenters. The number of aryl methyl sites for hydroxylation is 1. The average molecular weight is 340 g/mol. The van der Waals surface area contributed by atoms with E-state index in [0.29, 0.717) is 13.0 Å². The average Bonchev–Trinajstić information content (AvgIpc) is 2.90. The van der Waals surface area contributed by atoms with Gasteiger partial charge in [-0.2, -0.15) is 18.3 Å². The summed E-state index contributed by atoms with van der Waals surface area (Å²) in [6.45, 7) is 2.15. The molecule has 0 aliphatic rings. The second-order valence-electron chi connectivity index (χ2n) is 5.65. The van der Waals surface area contributed by atoms with Crippen LogP contribution < -0.4 is 10.6 Å². The molecule has 0 fully saturated rings. The van der Waals surface area contributed by atoms with E-state index in [1.807, 2.05) is 0 Å². The lowest BCUT2D eigenvalue weighted by atomic mass is 10.1. The van der Waals surface area contributed by atoms with Crippen LogP contribution in [0.25, 0.3) is 0 Å². The standard InChI is InChI=1S/C16H19F3N4O/c1-11(7-12-3-5-14(6-4-12)16(17,18)19)22-15(24)20-8-13-9-21-23(2)10-13/h3-6,9-11H,7-8H2,1-2H3,(H2,20,22,24)/t11-/m1/s1. The molecule has 2 amide bonds. The van der Waals surface area contributed by atoms with Crippen molar-refractivity contribution in [2.24, 2.45) is 7.05 Å². The smallest absolute Gasteiger partial charge is 0.335 e. The maximum atomic E-state index is 12.5. The minimum absolute atomic E-state index is 0.212. The van der Waals surface area contributed by atoms with Crippen LogP contribution in [0, 0.1) is 0 Å². The molecule has 0 saturated carbocycles. The van der Waals surface area contributed by atoms with Crippen molar-refractivity contribution in [1.29, 1.82) is 0 Å². The molecular weight excluding hydrogens is 321 g/mol. The van der Waals surface area contributed by atoms with Crippen LogP contribution in [0.2, 0.25) is 0 Å². The Hall–Kier alpha value is -2.51. The first-order valence-electron chi connectivity index (χ1n) is 7.42. The van der Waals surface area contributed by atoms with Crippen LogP contribution in [0.1, 0.15) is 23.6 Å². The molecule has 5 nitrogen and oxygen atoms in total. The van der Waals surface area contributed by atoms with Crippen LogP contribution in [0.15, 0.2) is 36.7 Å². The minimum Gasteiger partial charge on any atom is -0.335 e. The number of urea groups is 1. The van der Waals surface area contributed by atoms with E-state index in [9.17, 15) is 18.0 Å². The van der Waals surface area contributed by atoms with Crippen molar-refractivity contribution >= 4 is 6.03 Å².